The number of nitrogens with one attached hydrogen (secondary N) is 2. The van der Waals surface area contributed by atoms with E-state index >= 15 is 0 Å². The third-order valence-corrected chi connectivity index (χ3v) is 7.23. The van der Waals surface area contributed by atoms with Gasteiger partial charge in [-0.15, -0.1) is 0 Å². The first-order valence-electron chi connectivity index (χ1n) is 13.8. The standard InChI is InChI=1S/C30H37FN4O4/c1-2-37-14-15-39-17-16-38-13-10-32-30(36)34-11-3-4-25(21-34)35-12-9-22-5-6-23(18-29(22)35)27-20-33-28-8-7-24(31)19-26(27)28/h5-9,12,18-20,25,33H,2-4,10-11,13-17,21H2,1H3,(H,32,36)/t25-/m0/s1. The number of likely N-dealkylation sites (tertiary alicyclic amines) is 1. The van der Waals surface area contributed by atoms with Crippen LogP contribution in [0.1, 0.15) is 25.8 Å². The predicted molar refractivity (Wildman–Crippen MR) is 151 cm³/mol. The molecule has 1 atom stereocenters. The lowest BCUT2D eigenvalue weighted by atomic mass is 10.0. The molecule has 5 rings (SSSR count). The molecule has 2 amide bonds. The van der Waals surface area contributed by atoms with Crippen LogP contribution in [0.15, 0.2) is 54.9 Å². The van der Waals surface area contributed by atoms with E-state index < -0.39 is 0 Å². The summed E-state index contributed by atoms with van der Waals surface area (Å²) in [6.07, 6.45) is 5.99. The summed E-state index contributed by atoms with van der Waals surface area (Å²) in [7, 11) is 0. The lowest BCUT2D eigenvalue weighted by Crippen LogP contribution is -2.46. The first kappa shape index (κ1) is 27.2. The number of aromatic nitrogens is 2. The molecule has 9 heteroatoms. The molecular weight excluding hydrogens is 499 g/mol. The number of carbonyl (C=O) groups is 1. The average Bonchev–Trinajstić information content (AvgIpc) is 3.57. The van der Waals surface area contributed by atoms with Crippen LogP contribution in [0.25, 0.3) is 32.9 Å². The van der Waals surface area contributed by atoms with Crippen LogP contribution in [0.3, 0.4) is 0 Å². The minimum Gasteiger partial charge on any atom is -0.379 e. The first-order chi connectivity index (χ1) is 19.1. The molecular formula is C30H37FN4O4. The van der Waals surface area contributed by atoms with Gasteiger partial charge in [-0.1, -0.05) is 12.1 Å². The highest BCUT2D eigenvalue weighted by molar-refractivity contribution is 5.97. The van der Waals surface area contributed by atoms with E-state index in [1.165, 1.54) is 6.07 Å². The Morgan fingerprint density at radius 3 is 2.72 bits per heavy atom. The van der Waals surface area contributed by atoms with Crippen molar-refractivity contribution < 1.29 is 23.4 Å². The van der Waals surface area contributed by atoms with Crippen LogP contribution in [-0.4, -0.2) is 79.8 Å². The Balaban J connectivity index is 1.17. The number of rotatable bonds is 12. The fraction of sp³-hybridized carbons (Fsp3) is 0.433. The molecule has 1 aliphatic heterocycles. The van der Waals surface area contributed by atoms with Gasteiger partial charge in [0.15, 0.2) is 0 Å². The second kappa shape index (κ2) is 13.1. The molecule has 0 spiro atoms. The van der Waals surface area contributed by atoms with Crippen molar-refractivity contribution >= 4 is 27.8 Å². The van der Waals surface area contributed by atoms with Crippen molar-refractivity contribution in [2.24, 2.45) is 0 Å². The molecule has 0 unspecified atom stereocenters. The van der Waals surface area contributed by atoms with Gasteiger partial charge in [-0.05, 0) is 61.0 Å². The number of hydrogen-bond acceptors (Lipinski definition) is 4. The van der Waals surface area contributed by atoms with Crippen LogP contribution < -0.4 is 5.32 Å². The predicted octanol–water partition coefficient (Wildman–Crippen LogP) is 5.34. The number of ether oxygens (including phenoxy) is 3. The van der Waals surface area contributed by atoms with Crippen LogP contribution >= 0.6 is 0 Å². The SMILES string of the molecule is CCOCCOCCOCCNC(=O)N1CCC[C@H](n2ccc3ccc(-c4c[nH]c5ccc(F)cc45)cc32)C1. The summed E-state index contributed by atoms with van der Waals surface area (Å²) in [5.41, 5.74) is 4.03. The highest BCUT2D eigenvalue weighted by Crippen LogP contribution is 2.33. The molecule has 1 fully saturated rings. The lowest BCUT2D eigenvalue weighted by Gasteiger charge is -2.34. The Hall–Kier alpha value is -3.40. The number of fused-ring (bicyclic) bond motifs is 2. The monoisotopic (exact) mass is 536 g/mol. The number of hydrogen-bond donors (Lipinski definition) is 2. The quantitative estimate of drug-likeness (QED) is 0.240. The molecule has 0 radical (unpaired) electrons. The van der Waals surface area contributed by atoms with Crippen molar-refractivity contribution in [3.05, 3.63) is 60.7 Å². The largest absolute Gasteiger partial charge is 0.379 e. The zero-order chi connectivity index (χ0) is 27.0. The summed E-state index contributed by atoms with van der Waals surface area (Å²) in [6, 6.07) is 13.4. The minimum absolute atomic E-state index is 0.0609. The van der Waals surface area contributed by atoms with Gasteiger partial charge in [-0.25, -0.2) is 9.18 Å². The average molecular weight is 537 g/mol. The molecule has 2 N–H and O–H groups in total. The Labute approximate surface area is 228 Å². The van der Waals surface area contributed by atoms with Gasteiger partial charge in [-0.3, -0.25) is 0 Å². The number of nitrogens with zero attached hydrogens (tertiary/aromatic N) is 2. The van der Waals surface area contributed by atoms with E-state index in [0.29, 0.717) is 52.7 Å². The Kier molecular flexibility index (Phi) is 9.13. The second-order valence-corrected chi connectivity index (χ2v) is 9.78. The smallest absolute Gasteiger partial charge is 0.317 e. The van der Waals surface area contributed by atoms with Crippen LogP contribution in [0.5, 0.6) is 0 Å². The maximum atomic E-state index is 13.9. The van der Waals surface area contributed by atoms with E-state index in [0.717, 1.165) is 52.3 Å². The summed E-state index contributed by atoms with van der Waals surface area (Å²) in [4.78, 5) is 18.0. The molecule has 0 bridgehead atoms. The van der Waals surface area contributed by atoms with Crippen LogP contribution in [-0.2, 0) is 14.2 Å². The Morgan fingerprint density at radius 2 is 1.87 bits per heavy atom. The molecule has 1 saturated heterocycles. The highest BCUT2D eigenvalue weighted by atomic mass is 19.1. The van der Waals surface area contributed by atoms with Crippen molar-refractivity contribution in [3.8, 4) is 11.1 Å². The number of urea groups is 1. The summed E-state index contributed by atoms with van der Waals surface area (Å²) < 4.78 is 32.4. The van der Waals surface area contributed by atoms with Gasteiger partial charge in [0.1, 0.15) is 5.82 Å². The molecule has 0 saturated carbocycles. The molecule has 0 aliphatic carbocycles. The normalized spacial score (nSPS) is 15.8. The Morgan fingerprint density at radius 1 is 1.05 bits per heavy atom. The highest BCUT2D eigenvalue weighted by Gasteiger charge is 2.25. The van der Waals surface area contributed by atoms with Gasteiger partial charge in [0.25, 0.3) is 0 Å². The molecule has 1 aliphatic rings. The molecule has 8 nitrogen and oxygen atoms in total. The van der Waals surface area contributed by atoms with Crippen molar-refractivity contribution in [3.63, 3.8) is 0 Å². The van der Waals surface area contributed by atoms with Gasteiger partial charge in [0, 0.05) is 60.6 Å². The summed E-state index contributed by atoms with van der Waals surface area (Å²) in [6.45, 7) is 7.09. The van der Waals surface area contributed by atoms with Gasteiger partial charge in [0.05, 0.1) is 39.1 Å². The van der Waals surface area contributed by atoms with Crippen LogP contribution in [0, 0.1) is 5.82 Å². The van der Waals surface area contributed by atoms with Crippen molar-refractivity contribution in [2.75, 3.05) is 59.3 Å². The molecule has 2 aromatic carbocycles. The topological polar surface area (TPSA) is 80.8 Å². The third kappa shape index (κ3) is 6.61. The summed E-state index contributed by atoms with van der Waals surface area (Å²) in [5, 5.41) is 4.99. The number of piperidine rings is 1. The van der Waals surface area contributed by atoms with Gasteiger partial charge in [-0.2, -0.15) is 0 Å². The number of benzene rings is 2. The van der Waals surface area contributed by atoms with Crippen LogP contribution in [0.2, 0.25) is 0 Å². The third-order valence-electron chi connectivity index (χ3n) is 7.23. The van der Waals surface area contributed by atoms with Crippen LogP contribution in [0.4, 0.5) is 9.18 Å². The van der Waals surface area contributed by atoms with Gasteiger partial charge in [0.2, 0.25) is 0 Å². The first-order valence-corrected chi connectivity index (χ1v) is 13.8. The fourth-order valence-electron chi connectivity index (χ4n) is 5.26. The number of H-pyrrole nitrogens is 1. The van der Waals surface area contributed by atoms with E-state index in [1.807, 2.05) is 18.0 Å². The minimum atomic E-state index is -0.248. The second-order valence-electron chi connectivity index (χ2n) is 9.78. The zero-order valence-corrected chi connectivity index (χ0v) is 22.5. The number of halogens is 1. The van der Waals surface area contributed by atoms with E-state index in [2.05, 4.69) is 45.3 Å². The zero-order valence-electron chi connectivity index (χ0n) is 22.5. The number of aromatic amines is 1. The summed E-state index contributed by atoms with van der Waals surface area (Å²) >= 11 is 0. The van der Waals surface area contributed by atoms with E-state index in [4.69, 9.17) is 14.2 Å². The van der Waals surface area contributed by atoms with Crippen molar-refractivity contribution in [1.29, 1.82) is 0 Å². The van der Waals surface area contributed by atoms with Crippen molar-refractivity contribution in [1.82, 2.24) is 19.8 Å². The molecule has 4 aromatic rings. The Bertz CT molecular complexity index is 1380. The maximum Gasteiger partial charge on any atom is 0.317 e. The molecule has 39 heavy (non-hydrogen) atoms. The molecule has 3 heterocycles. The van der Waals surface area contributed by atoms with E-state index in [-0.39, 0.29) is 17.9 Å². The maximum absolute atomic E-state index is 13.9. The van der Waals surface area contributed by atoms with Crippen molar-refractivity contribution in [2.45, 2.75) is 25.8 Å². The van der Waals surface area contributed by atoms with Gasteiger partial charge >= 0.3 is 6.03 Å². The summed E-state index contributed by atoms with van der Waals surface area (Å²) in [5.74, 6) is -0.248. The van der Waals surface area contributed by atoms with Gasteiger partial charge < -0.3 is 34.0 Å². The van der Waals surface area contributed by atoms with E-state index in [9.17, 15) is 9.18 Å². The molecule has 2 aromatic heterocycles. The fourth-order valence-corrected chi connectivity index (χ4v) is 5.26. The van der Waals surface area contributed by atoms with E-state index in [1.54, 1.807) is 12.1 Å². The number of carbonyl (C=O) groups excluding carboxylic acids is 1. The molecule has 208 valence electrons. The lowest BCUT2D eigenvalue weighted by molar-refractivity contribution is 0.0177. The number of amides is 2.